The number of amides is 3. The molecule has 2 N–H and O–H groups in total. The van der Waals surface area contributed by atoms with Crippen LogP contribution < -0.4 is 10.6 Å². The van der Waals surface area contributed by atoms with Crippen LogP contribution in [0.5, 0.6) is 0 Å². The minimum atomic E-state index is -0.502. The van der Waals surface area contributed by atoms with Gasteiger partial charge in [0, 0.05) is 34.6 Å². The molecule has 1 aliphatic heterocycles. The topological polar surface area (TPSA) is 101 Å². The summed E-state index contributed by atoms with van der Waals surface area (Å²) in [4.78, 5) is 43.7. The van der Waals surface area contributed by atoms with E-state index in [1.165, 1.54) is 0 Å². The van der Waals surface area contributed by atoms with Crippen LogP contribution in [0, 0.1) is 19.8 Å². The van der Waals surface area contributed by atoms with E-state index in [1.807, 2.05) is 58.9 Å². The lowest BCUT2D eigenvalue weighted by molar-refractivity contribution is -0.141. The lowest BCUT2D eigenvalue weighted by Crippen LogP contribution is -2.51. The molecule has 0 aliphatic carbocycles. The van der Waals surface area contributed by atoms with E-state index in [2.05, 4.69) is 24.5 Å². The van der Waals surface area contributed by atoms with Gasteiger partial charge in [-0.25, -0.2) is 4.79 Å². The van der Waals surface area contributed by atoms with Gasteiger partial charge in [0.15, 0.2) is 0 Å². The Bertz CT molecular complexity index is 1130. The Morgan fingerprint density at radius 3 is 2.42 bits per heavy atom. The smallest absolute Gasteiger partial charge is 0.407 e. The Balaban J connectivity index is 2.14. The molecule has 194 valence electrons. The molecule has 36 heavy (non-hydrogen) atoms. The third-order valence-corrected chi connectivity index (χ3v) is 5.93. The Labute approximate surface area is 213 Å². The highest BCUT2D eigenvalue weighted by atomic mass is 16.5. The number of nitrogens with one attached hydrogen (secondary N) is 2. The first-order valence-corrected chi connectivity index (χ1v) is 12.4. The zero-order valence-corrected chi connectivity index (χ0v) is 22.4. The number of hydrogen-bond acceptors (Lipinski definition) is 5. The van der Waals surface area contributed by atoms with Gasteiger partial charge in [-0.05, 0) is 58.1 Å². The highest BCUT2D eigenvalue weighted by molar-refractivity contribution is 5.92. The molecule has 3 rings (SSSR count). The summed E-state index contributed by atoms with van der Waals surface area (Å²) < 4.78 is 5.70. The molecule has 1 saturated heterocycles. The number of ether oxygens (including phenoxy) is 1. The van der Waals surface area contributed by atoms with Crippen LogP contribution in [0.1, 0.15) is 62.7 Å². The molecule has 0 saturated carbocycles. The van der Waals surface area contributed by atoms with Crippen molar-refractivity contribution in [2.75, 3.05) is 13.1 Å². The van der Waals surface area contributed by atoms with Gasteiger partial charge in [-0.15, -0.1) is 0 Å². The number of hydrogen-bond donors (Lipinski definition) is 2. The van der Waals surface area contributed by atoms with Crippen LogP contribution in [-0.2, 0) is 33.9 Å². The highest BCUT2D eigenvalue weighted by Gasteiger charge is 2.28. The van der Waals surface area contributed by atoms with E-state index >= 15 is 0 Å². The number of alkyl carbamates (subject to hydrolysis) is 1. The predicted octanol–water partition coefficient (Wildman–Crippen LogP) is 4.05. The number of benzene rings is 1. The molecule has 0 spiro atoms. The van der Waals surface area contributed by atoms with Crippen LogP contribution in [0.15, 0.2) is 24.3 Å². The molecule has 0 radical (unpaired) electrons. The minimum Gasteiger partial charge on any atom is -0.445 e. The maximum absolute atomic E-state index is 12.6. The molecule has 3 amide bonds. The number of carbonyl (C=O) groups excluding carboxylic acids is 3. The van der Waals surface area contributed by atoms with Gasteiger partial charge in [0.1, 0.15) is 6.61 Å². The third kappa shape index (κ3) is 7.06. The zero-order valence-electron chi connectivity index (χ0n) is 22.4. The summed E-state index contributed by atoms with van der Waals surface area (Å²) in [7, 11) is 0. The van der Waals surface area contributed by atoms with Crippen molar-refractivity contribution in [1.82, 2.24) is 20.5 Å². The average Bonchev–Trinajstić information content (AvgIpc) is 2.76. The number of carbonyl (C=O) groups is 3. The summed E-state index contributed by atoms with van der Waals surface area (Å²) in [6.45, 7) is 14.2. The van der Waals surface area contributed by atoms with Crippen LogP contribution >= 0.6 is 0 Å². The molecule has 1 fully saturated rings. The molecule has 8 nitrogen and oxygen atoms in total. The van der Waals surface area contributed by atoms with Gasteiger partial charge in [0.25, 0.3) is 0 Å². The van der Waals surface area contributed by atoms with Gasteiger partial charge >= 0.3 is 6.09 Å². The molecular weight excluding hydrogens is 456 g/mol. The van der Waals surface area contributed by atoms with Gasteiger partial charge in [-0.3, -0.25) is 14.6 Å². The largest absolute Gasteiger partial charge is 0.445 e. The monoisotopic (exact) mass is 494 g/mol. The van der Waals surface area contributed by atoms with Crippen molar-refractivity contribution in [3.8, 4) is 11.1 Å². The summed E-state index contributed by atoms with van der Waals surface area (Å²) in [6, 6.07) is 8.15. The third-order valence-electron chi connectivity index (χ3n) is 5.93. The van der Waals surface area contributed by atoms with Crippen molar-refractivity contribution in [3.05, 3.63) is 52.3 Å². The second kappa shape index (κ2) is 11.1. The molecular formula is C28H38N4O4. The van der Waals surface area contributed by atoms with Crippen molar-refractivity contribution in [1.29, 1.82) is 0 Å². The lowest BCUT2D eigenvalue weighted by atomic mass is 9.89. The molecule has 0 unspecified atom stereocenters. The van der Waals surface area contributed by atoms with Gasteiger partial charge in [0.05, 0.1) is 13.1 Å². The first kappa shape index (κ1) is 27.2. The fourth-order valence-electron chi connectivity index (χ4n) is 4.24. The van der Waals surface area contributed by atoms with Gasteiger partial charge in [-0.2, -0.15) is 0 Å². The van der Waals surface area contributed by atoms with Crippen LogP contribution in [-0.4, -0.2) is 46.4 Å². The van der Waals surface area contributed by atoms with Crippen LogP contribution in [0.3, 0.4) is 0 Å². The van der Waals surface area contributed by atoms with Crippen LogP contribution in [0.25, 0.3) is 11.1 Å². The summed E-state index contributed by atoms with van der Waals surface area (Å²) in [5, 5.41) is 5.44. The molecule has 0 bridgehead atoms. The van der Waals surface area contributed by atoms with E-state index in [9.17, 15) is 14.4 Å². The van der Waals surface area contributed by atoms with E-state index in [1.54, 1.807) is 4.90 Å². The number of pyridine rings is 1. The first-order valence-electron chi connectivity index (χ1n) is 12.4. The van der Waals surface area contributed by atoms with E-state index in [4.69, 9.17) is 9.72 Å². The molecule has 2 heterocycles. The fourth-order valence-corrected chi connectivity index (χ4v) is 4.24. The van der Waals surface area contributed by atoms with Crippen molar-refractivity contribution >= 4 is 17.9 Å². The van der Waals surface area contributed by atoms with Crippen LogP contribution in [0.2, 0.25) is 0 Å². The van der Waals surface area contributed by atoms with E-state index in [0.717, 1.165) is 39.2 Å². The molecule has 1 aromatic carbocycles. The lowest BCUT2D eigenvalue weighted by Gasteiger charge is -2.29. The number of piperazine rings is 1. The molecule has 1 aromatic heterocycles. The summed E-state index contributed by atoms with van der Waals surface area (Å²) in [6.07, 6.45) is 0.211. The van der Waals surface area contributed by atoms with Gasteiger partial charge < -0.3 is 20.3 Å². The van der Waals surface area contributed by atoms with Gasteiger partial charge in [-0.1, -0.05) is 43.7 Å². The quantitative estimate of drug-likeness (QED) is 0.605. The number of aromatic nitrogens is 1. The molecule has 8 heteroatoms. The first-order chi connectivity index (χ1) is 16.8. The average molecular weight is 495 g/mol. The second-order valence-electron chi connectivity index (χ2n) is 10.9. The maximum Gasteiger partial charge on any atom is 0.407 e. The SMILES string of the molecule is Cc1ccc(-c2c(CN3CC(=O)NCC3=O)c(C)nc(CC(C)C)c2COC(=O)NC(C)(C)C)cc1. The number of aryl methyl sites for hydroxylation is 2. The Morgan fingerprint density at radius 2 is 1.81 bits per heavy atom. The number of nitrogens with zero attached hydrogens (tertiary/aromatic N) is 2. The van der Waals surface area contributed by atoms with Crippen molar-refractivity contribution in [2.24, 2.45) is 5.92 Å². The molecule has 0 atom stereocenters. The standard InChI is InChI=1S/C28H38N4O4/c1-17(2)12-23-22(16-36-27(35)31-28(5,6)7)26(20-10-8-18(3)9-11-20)21(19(4)30-23)14-32-15-24(33)29-13-25(32)34/h8-11,17H,12-16H2,1-7H3,(H,29,33)(H,31,35). The maximum atomic E-state index is 12.6. The van der Waals surface area contributed by atoms with E-state index in [-0.39, 0.29) is 38.1 Å². The predicted molar refractivity (Wildman–Crippen MR) is 139 cm³/mol. The Hall–Kier alpha value is -3.42. The van der Waals surface area contributed by atoms with Crippen LogP contribution in [0.4, 0.5) is 4.79 Å². The highest BCUT2D eigenvalue weighted by Crippen LogP contribution is 2.34. The fraction of sp³-hybridized carbons (Fsp3) is 0.500. The second-order valence-corrected chi connectivity index (χ2v) is 10.9. The molecule has 1 aliphatic rings. The van der Waals surface area contributed by atoms with Crippen molar-refractivity contribution < 1.29 is 19.1 Å². The zero-order chi connectivity index (χ0) is 26.6. The summed E-state index contributed by atoms with van der Waals surface area (Å²) >= 11 is 0. The minimum absolute atomic E-state index is 0.000815. The van der Waals surface area contributed by atoms with Crippen molar-refractivity contribution in [2.45, 2.75) is 73.6 Å². The molecule has 2 aromatic rings. The number of rotatable bonds is 7. The van der Waals surface area contributed by atoms with Gasteiger partial charge in [0.2, 0.25) is 11.8 Å². The Morgan fingerprint density at radius 1 is 1.14 bits per heavy atom. The van der Waals surface area contributed by atoms with E-state index in [0.29, 0.717) is 12.3 Å². The Kier molecular flexibility index (Phi) is 8.38. The summed E-state index contributed by atoms with van der Waals surface area (Å²) in [5.41, 5.74) is 5.89. The van der Waals surface area contributed by atoms with Crippen molar-refractivity contribution in [3.63, 3.8) is 0 Å². The normalized spacial score (nSPS) is 14.2. The van der Waals surface area contributed by atoms with E-state index < -0.39 is 11.6 Å². The summed E-state index contributed by atoms with van der Waals surface area (Å²) in [5.74, 6) is 0.0107.